The molecule has 1 unspecified atom stereocenters. The molecule has 40 heavy (non-hydrogen) atoms. The Morgan fingerprint density at radius 2 is 1.85 bits per heavy atom. The first-order chi connectivity index (χ1) is 19.0. The molecule has 1 fully saturated rings. The maximum atomic E-state index is 13.3. The Morgan fingerprint density at radius 3 is 2.50 bits per heavy atom. The van der Waals surface area contributed by atoms with Crippen molar-refractivity contribution in [3.8, 4) is 17.1 Å². The molecular weight excluding hydrogens is 574 g/mol. The molecule has 0 aliphatic carbocycles. The summed E-state index contributed by atoms with van der Waals surface area (Å²) in [7, 11) is 1.63. The van der Waals surface area contributed by atoms with Crippen LogP contribution in [0.4, 0.5) is 19.1 Å². The van der Waals surface area contributed by atoms with Crippen LogP contribution in [0.2, 0.25) is 10.0 Å². The Hall–Kier alpha value is -3.39. The van der Waals surface area contributed by atoms with E-state index in [1.807, 2.05) is 4.90 Å². The lowest BCUT2D eigenvalue weighted by atomic mass is 10.2. The maximum absolute atomic E-state index is 13.3. The highest BCUT2D eigenvalue weighted by Crippen LogP contribution is 2.28. The SMILES string of the molecule is COC1CCN(c2nc(Cn3nc(-c4ccc(Cl)cc4)n(C[C@H](O)C(F)(F)F)c3=O)nn2-c2ccccc2Cl)C1. The van der Waals surface area contributed by atoms with Gasteiger partial charge in [0, 0.05) is 30.8 Å². The average molecular weight is 598 g/mol. The molecule has 1 N–H and O–H groups in total. The summed E-state index contributed by atoms with van der Waals surface area (Å²) in [6, 6.07) is 13.1. The first kappa shape index (κ1) is 28.1. The van der Waals surface area contributed by atoms with Crippen LogP contribution in [-0.2, 0) is 17.8 Å². The molecule has 10 nitrogen and oxygen atoms in total. The van der Waals surface area contributed by atoms with Gasteiger partial charge in [0.05, 0.1) is 23.4 Å². The van der Waals surface area contributed by atoms with Crippen LogP contribution in [-0.4, -0.2) is 72.8 Å². The predicted octanol–water partition coefficient (Wildman–Crippen LogP) is 3.80. The number of rotatable bonds is 8. The monoisotopic (exact) mass is 597 g/mol. The maximum Gasteiger partial charge on any atom is 0.416 e. The average Bonchev–Trinajstić information content (AvgIpc) is 3.63. The number of hydrogen-bond acceptors (Lipinski definition) is 7. The zero-order chi connectivity index (χ0) is 28.6. The number of nitrogens with zero attached hydrogens (tertiary/aromatic N) is 7. The highest BCUT2D eigenvalue weighted by Gasteiger charge is 2.39. The summed E-state index contributed by atoms with van der Waals surface area (Å²) >= 11 is 12.4. The van der Waals surface area contributed by atoms with Gasteiger partial charge in [0.2, 0.25) is 5.95 Å². The Labute approximate surface area is 236 Å². The smallest absolute Gasteiger partial charge is 0.382 e. The number of ether oxygens (including phenoxy) is 1. The molecule has 0 saturated carbocycles. The quantitative estimate of drug-likeness (QED) is 0.329. The van der Waals surface area contributed by atoms with E-state index in [2.05, 4.69) is 15.2 Å². The molecule has 0 radical (unpaired) electrons. The van der Waals surface area contributed by atoms with Gasteiger partial charge in [0.15, 0.2) is 17.8 Å². The van der Waals surface area contributed by atoms with Crippen molar-refractivity contribution in [1.82, 2.24) is 29.1 Å². The van der Waals surface area contributed by atoms with Gasteiger partial charge in [0.25, 0.3) is 0 Å². The summed E-state index contributed by atoms with van der Waals surface area (Å²) < 4.78 is 48.4. The molecule has 2 atom stereocenters. The van der Waals surface area contributed by atoms with E-state index in [9.17, 15) is 23.1 Å². The van der Waals surface area contributed by atoms with Crippen molar-refractivity contribution in [1.29, 1.82) is 0 Å². The lowest BCUT2D eigenvalue weighted by molar-refractivity contribution is -0.207. The van der Waals surface area contributed by atoms with E-state index in [-0.39, 0.29) is 24.3 Å². The van der Waals surface area contributed by atoms with Crippen LogP contribution < -0.4 is 10.6 Å². The number of aliphatic hydroxyl groups excluding tert-OH is 1. The van der Waals surface area contributed by atoms with Gasteiger partial charge in [-0.25, -0.2) is 9.48 Å². The van der Waals surface area contributed by atoms with Crippen molar-refractivity contribution >= 4 is 29.2 Å². The Morgan fingerprint density at radius 1 is 1.12 bits per heavy atom. The minimum absolute atomic E-state index is 0.000146. The molecule has 0 spiro atoms. The standard InChI is InChI=1S/C25H24Cl2F3N7O3/c1-40-17-10-11-34(12-17)23-31-21(32-37(23)19-5-3-2-4-18(19)27)14-36-24(39)35(13-20(38)25(28,29)30)22(33-36)15-6-8-16(26)9-7-15/h2-9,17,20,38H,10-14H2,1H3/t17?,20-/m0/s1. The molecule has 1 aliphatic rings. The van der Waals surface area contributed by atoms with E-state index in [4.69, 9.17) is 27.9 Å². The third-order valence-electron chi connectivity index (χ3n) is 6.53. The second kappa shape index (κ2) is 11.2. The van der Waals surface area contributed by atoms with Gasteiger partial charge in [0.1, 0.15) is 6.54 Å². The normalized spacial score (nSPS) is 16.6. The van der Waals surface area contributed by atoms with Crippen LogP contribution in [0.1, 0.15) is 12.2 Å². The van der Waals surface area contributed by atoms with Crippen molar-refractivity contribution < 1.29 is 23.0 Å². The van der Waals surface area contributed by atoms with Gasteiger partial charge in [-0.15, -0.1) is 10.2 Å². The van der Waals surface area contributed by atoms with Crippen LogP contribution in [0.25, 0.3) is 17.1 Å². The van der Waals surface area contributed by atoms with Gasteiger partial charge >= 0.3 is 11.9 Å². The lowest BCUT2D eigenvalue weighted by Gasteiger charge is -2.18. The molecule has 2 aromatic heterocycles. The molecule has 212 valence electrons. The van der Waals surface area contributed by atoms with Gasteiger partial charge in [-0.1, -0.05) is 35.3 Å². The molecule has 0 bridgehead atoms. The van der Waals surface area contributed by atoms with Gasteiger partial charge < -0.3 is 14.7 Å². The summed E-state index contributed by atoms with van der Waals surface area (Å²) in [5.74, 6) is 0.584. The minimum atomic E-state index is -4.93. The van der Waals surface area contributed by atoms with Gasteiger partial charge in [-0.3, -0.25) is 4.57 Å². The fourth-order valence-corrected chi connectivity index (χ4v) is 4.78. The van der Waals surface area contributed by atoms with Crippen molar-refractivity contribution in [3.05, 3.63) is 74.9 Å². The molecular formula is C25H24Cl2F3N7O3. The molecule has 2 aromatic carbocycles. The number of halogens is 5. The topological polar surface area (TPSA) is 103 Å². The number of benzene rings is 2. The summed E-state index contributed by atoms with van der Waals surface area (Å²) in [4.78, 5) is 19.9. The van der Waals surface area contributed by atoms with E-state index < -0.39 is 24.5 Å². The molecule has 1 saturated heterocycles. The van der Waals surface area contributed by atoms with E-state index in [0.717, 1.165) is 15.7 Å². The van der Waals surface area contributed by atoms with Crippen molar-refractivity contribution in [2.24, 2.45) is 0 Å². The number of aromatic nitrogens is 6. The van der Waals surface area contributed by atoms with Crippen LogP contribution in [0, 0.1) is 0 Å². The molecule has 4 aromatic rings. The first-order valence-electron chi connectivity index (χ1n) is 12.2. The number of alkyl halides is 3. The molecule has 15 heteroatoms. The third kappa shape index (κ3) is 5.73. The highest BCUT2D eigenvalue weighted by molar-refractivity contribution is 6.32. The second-order valence-electron chi connectivity index (χ2n) is 9.22. The number of para-hydroxylation sites is 1. The van der Waals surface area contributed by atoms with Crippen molar-refractivity contribution in [2.75, 3.05) is 25.1 Å². The van der Waals surface area contributed by atoms with E-state index in [1.165, 1.54) is 24.3 Å². The fraction of sp³-hybridized carbons (Fsp3) is 0.360. The highest BCUT2D eigenvalue weighted by atomic mass is 35.5. The zero-order valence-corrected chi connectivity index (χ0v) is 22.6. The summed E-state index contributed by atoms with van der Waals surface area (Å²) in [6.07, 6.45) is -6.93. The van der Waals surface area contributed by atoms with E-state index in [1.54, 1.807) is 36.1 Å². The third-order valence-corrected chi connectivity index (χ3v) is 7.10. The number of methoxy groups -OCH3 is 1. The molecule has 1 aliphatic heterocycles. The largest absolute Gasteiger partial charge is 0.416 e. The number of anilines is 1. The van der Waals surface area contributed by atoms with Gasteiger partial charge in [-0.2, -0.15) is 22.8 Å². The van der Waals surface area contributed by atoms with Crippen LogP contribution >= 0.6 is 23.2 Å². The first-order valence-corrected chi connectivity index (χ1v) is 13.0. The summed E-state index contributed by atoms with van der Waals surface area (Å²) in [6.45, 7) is -0.0881. The lowest BCUT2D eigenvalue weighted by Crippen LogP contribution is -2.37. The molecule has 5 rings (SSSR count). The predicted molar refractivity (Wildman–Crippen MR) is 142 cm³/mol. The van der Waals surface area contributed by atoms with Crippen LogP contribution in [0.3, 0.4) is 0 Å². The second-order valence-corrected chi connectivity index (χ2v) is 10.1. The molecule has 0 amide bonds. The molecule has 3 heterocycles. The van der Waals surface area contributed by atoms with Crippen LogP contribution in [0.5, 0.6) is 0 Å². The summed E-state index contributed by atoms with van der Waals surface area (Å²) in [5.41, 5.74) is 0.0314. The summed E-state index contributed by atoms with van der Waals surface area (Å²) in [5, 5.41) is 19.4. The van der Waals surface area contributed by atoms with Gasteiger partial charge in [-0.05, 0) is 42.8 Å². The minimum Gasteiger partial charge on any atom is -0.382 e. The van der Waals surface area contributed by atoms with Crippen molar-refractivity contribution in [2.45, 2.75) is 37.9 Å². The Kier molecular flexibility index (Phi) is 7.91. The Balaban J connectivity index is 1.56. The van der Waals surface area contributed by atoms with Crippen molar-refractivity contribution in [3.63, 3.8) is 0 Å². The zero-order valence-electron chi connectivity index (χ0n) is 21.1. The Bertz CT molecular complexity index is 1550. The van der Waals surface area contributed by atoms with E-state index in [0.29, 0.717) is 40.3 Å². The van der Waals surface area contributed by atoms with Crippen LogP contribution in [0.15, 0.2) is 53.3 Å². The van der Waals surface area contributed by atoms with E-state index >= 15 is 0 Å². The number of aliphatic hydroxyl groups is 1. The number of hydrogen-bond donors (Lipinski definition) is 1. The fourth-order valence-electron chi connectivity index (χ4n) is 4.44.